The molecule has 30 heavy (non-hydrogen) atoms. The Labute approximate surface area is 175 Å². The second kappa shape index (κ2) is 10.2. The fourth-order valence-electron chi connectivity index (χ4n) is 3.56. The number of para-hydroxylation sites is 1. The number of benzene rings is 2. The Morgan fingerprint density at radius 3 is 2.43 bits per heavy atom. The van der Waals surface area contributed by atoms with Gasteiger partial charge in [-0.25, -0.2) is 4.39 Å². The Balaban J connectivity index is 1.51. The lowest BCUT2D eigenvalue weighted by Crippen LogP contribution is -2.56. The lowest BCUT2D eigenvalue weighted by molar-refractivity contribution is -0.219. The maximum Gasteiger partial charge on any atom is 0.123 e. The third-order valence-electron chi connectivity index (χ3n) is 5.35. The molecule has 0 saturated carbocycles. The van der Waals surface area contributed by atoms with Gasteiger partial charge in [-0.05, 0) is 49.2 Å². The zero-order valence-corrected chi connectivity index (χ0v) is 17.2. The van der Waals surface area contributed by atoms with E-state index in [1.165, 1.54) is 12.1 Å². The molecule has 3 N–H and O–H groups in total. The van der Waals surface area contributed by atoms with E-state index in [1.807, 2.05) is 24.3 Å². The topological polar surface area (TPSA) is 88.4 Å². The van der Waals surface area contributed by atoms with Crippen molar-refractivity contribution in [1.82, 2.24) is 0 Å². The van der Waals surface area contributed by atoms with Crippen molar-refractivity contribution in [3.05, 3.63) is 59.4 Å². The van der Waals surface area contributed by atoms with E-state index >= 15 is 0 Å². The summed E-state index contributed by atoms with van der Waals surface area (Å²) in [6.45, 7) is 4.16. The highest BCUT2D eigenvalue weighted by atomic mass is 19.1. The maximum absolute atomic E-state index is 13.2. The first-order valence-electron chi connectivity index (χ1n) is 10.2. The van der Waals surface area contributed by atoms with E-state index in [2.05, 4.69) is 0 Å². The molecule has 7 heteroatoms. The second-order valence-corrected chi connectivity index (χ2v) is 7.60. The summed E-state index contributed by atoms with van der Waals surface area (Å²) < 4.78 is 30.5. The zero-order valence-electron chi connectivity index (χ0n) is 17.2. The van der Waals surface area contributed by atoms with Crippen molar-refractivity contribution in [2.45, 2.75) is 57.2 Å². The molecular formula is C23H29FO6. The molecule has 3 rings (SSSR count). The normalized spacial score (nSPS) is 26.4. The number of ether oxygens (including phenoxy) is 3. The van der Waals surface area contributed by atoms with Gasteiger partial charge in [-0.3, -0.25) is 0 Å². The van der Waals surface area contributed by atoms with Crippen LogP contribution in [0.3, 0.4) is 0 Å². The fourth-order valence-corrected chi connectivity index (χ4v) is 3.56. The van der Waals surface area contributed by atoms with Gasteiger partial charge in [0.05, 0.1) is 25.4 Å². The van der Waals surface area contributed by atoms with Crippen molar-refractivity contribution in [3.8, 4) is 11.5 Å². The van der Waals surface area contributed by atoms with Crippen LogP contribution < -0.4 is 9.47 Å². The van der Waals surface area contributed by atoms with E-state index < -0.39 is 30.5 Å². The minimum Gasteiger partial charge on any atom is -0.493 e. The van der Waals surface area contributed by atoms with Crippen LogP contribution in [0.5, 0.6) is 11.5 Å². The van der Waals surface area contributed by atoms with E-state index in [1.54, 1.807) is 19.9 Å². The molecule has 2 aromatic rings. The van der Waals surface area contributed by atoms with Gasteiger partial charge in [-0.2, -0.15) is 0 Å². The molecule has 1 heterocycles. The van der Waals surface area contributed by atoms with Crippen LogP contribution in [0.2, 0.25) is 0 Å². The molecule has 164 valence electrons. The number of hydrogen-bond acceptors (Lipinski definition) is 6. The Morgan fingerprint density at radius 2 is 1.67 bits per heavy atom. The second-order valence-electron chi connectivity index (χ2n) is 7.60. The predicted octanol–water partition coefficient (Wildman–Crippen LogP) is 2.39. The van der Waals surface area contributed by atoms with E-state index in [-0.39, 0.29) is 12.4 Å². The summed E-state index contributed by atoms with van der Waals surface area (Å²) in [5, 5.41) is 29.8. The molecule has 0 bridgehead atoms. The van der Waals surface area contributed by atoms with Crippen LogP contribution in [0, 0.1) is 12.7 Å². The highest BCUT2D eigenvalue weighted by molar-refractivity contribution is 5.35. The van der Waals surface area contributed by atoms with Crippen LogP contribution in [-0.2, 0) is 11.2 Å². The first-order valence-corrected chi connectivity index (χ1v) is 10.2. The molecular weight excluding hydrogens is 391 g/mol. The molecule has 1 aliphatic heterocycles. The molecule has 5 atom stereocenters. The van der Waals surface area contributed by atoms with Crippen molar-refractivity contribution in [3.63, 3.8) is 0 Å². The van der Waals surface area contributed by atoms with Gasteiger partial charge in [0.25, 0.3) is 0 Å². The van der Waals surface area contributed by atoms with Gasteiger partial charge in [0, 0.05) is 12.8 Å². The summed E-state index contributed by atoms with van der Waals surface area (Å²) in [5.41, 5.74) is 1.71. The zero-order chi connectivity index (χ0) is 21.7. The molecule has 0 aromatic heterocycles. The van der Waals surface area contributed by atoms with Gasteiger partial charge >= 0.3 is 0 Å². The third-order valence-corrected chi connectivity index (χ3v) is 5.35. The van der Waals surface area contributed by atoms with Crippen molar-refractivity contribution in [2.24, 2.45) is 0 Å². The minimum atomic E-state index is -1.24. The lowest BCUT2D eigenvalue weighted by atomic mass is 9.94. The third kappa shape index (κ3) is 5.49. The monoisotopic (exact) mass is 420 g/mol. The fraction of sp³-hybridized carbons (Fsp3) is 0.478. The average molecular weight is 420 g/mol. The number of aliphatic hydroxyl groups is 3. The molecule has 0 radical (unpaired) electrons. The molecule has 6 nitrogen and oxygen atoms in total. The summed E-state index contributed by atoms with van der Waals surface area (Å²) in [4.78, 5) is 0. The molecule has 0 amide bonds. The van der Waals surface area contributed by atoms with E-state index in [0.717, 1.165) is 11.1 Å². The lowest BCUT2D eigenvalue weighted by Gasteiger charge is -2.39. The summed E-state index contributed by atoms with van der Waals surface area (Å²) >= 11 is 0. The van der Waals surface area contributed by atoms with Gasteiger partial charge in [-0.1, -0.05) is 18.2 Å². The predicted molar refractivity (Wildman–Crippen MR) is 109 cm³/mol. The van der Waals surface area contributed by atoms with Gasteiger partial charge in [0.2, 0.25) is 0 Å². The Kier molecular flexibility index (Phi) is 7.66. The quantitative estimate of drug-likeness (QED) is 0.608. The van der Waals surface area contributed by atoms with Gasteiger partial charge in [-0.15, -0.1) is 0 Å². The molecule has 2 unspecified atom stereocenters. The Morgan fingerprint density at radius 1 is 0.933 bits per heavy atom. The van der Waals surface area contributed by atoms with Crippen molar-refractivity contribution in [2.75, 3.05) is 13.2 Å². The van der Waals surface area contributed by atoms with Crippen LogP contribution >= 0.6 is 0 Å². The standard InChI is InChI=1S/C23H29FO6/c1-14-13-17(24)7-8-18(14)28-11-9-16-5-3-4-6-19(16)29-12-10-20-22(26)23(27)21(25)15(2)30-20/h3-8,13,15,20-23,25-27H,9-12H2,1-2H3/t15?,20?,21-,22-,23+/m0/s1. The van der Waals surface area contributed by atoms with Crippen molar-refractivity contribution < 1.29 is 33.9 Å². The number of rotatable bonds is 8. The maximum atomic E-state index is 13.2. The van der Waals surface area contributed by atoms with Crippen LogP contribution in [0.1, 0.15) is 24.5 Å². The first kappa shape index (κ1) is 22.5. The highest BCUT2D eigenvalue weighted by Gasteiger charge is 2.41. The minimum absolute atomic E-state index is 0.284. The molecule has 2 aromatic carbocycles. The largest absolute Gasteiger partial charge is 0.493 e. The Hall–Kier alpha value is -2.19. The van der Waals surface area contributed by atoms with Crippen LogP contribution in [-0.4, -0.2) is 59.1 Å². The smallest absolute Gasteiger partial charge is 0.123 e. The molecule has 0 spiro atoms. The highest BCUT2D eigenvalue weighted by Crippen LogP contribution is 2.25. The van der Waals surface area contributed by atoms with Crippen molar-refractivity contribution >= 4 is 0 Å². The summed E-state index contributed by atoms with van der Waals surface area (Å²) in [5.74, 6) is 1.06. The number of halogens is 1. The number of aryl methyl sites for hydroxylation is 1. The van der Waals surface area contributed by atoms with Crippen LogP contribution in [0.15, 0.2) is 42.5 Å². The van der Waals surface area contributed by atoms with Gasteiger partial charge < -0.3 is 29.5 Å². The molecule has 1 aliphatic rings. The molecule has 1 saturated heterocycles. The van der Waals surface area contributed by atoms with Crippen molar-refractivity contribution in [1.29, 1.82) is 0 Å². The SMILES string of the molecule is Cc1cc(F)ccc1OCCc1ccccc1OCCC1OC(C)[C@H](O)[C@@H](O)[C@H]1O. The summed E-state index contributed by atoms with van der Waals surface area (Å²) in [6, 6.07) is 12.0. The van der Waals surface area contributed by atoms with E-state index in [4.69, 9.17) is 14.2 Å². The summed E-state index contributed by atoms with van der Waals surface area (Å²) in [6.07, 6.45) is -3.71. The van der Waals surface area contributed by atoms with Gasteiger partial charge in [0.1, 0.15) is 35.6 Å². The number of hydrogen-bond donors (Lipinski definition) is 3. The van der Waals surface area contributed by atoms with Gasteiger partial charge in [0.15, 0.2) is 0 Å². The first-order chi connectivity index (χ1) is 14.4. The number of aliphatic hydroxyl groups excluding tert-OH is 3. The van der Waals surface area contributed by atoms with E-state index in [9.17, 15) is 19.7 Å². The van der Waals surface area contributed by atoms with E-state index in [0.29, 0.717) is 30.9 Å². The van der Waals surface area contributed by atoms with Crippen LogP contribution in [0.4, 0.5) is 4.39 Å². The van der Waals surface area contributed by atoms with Crippen LogP contribution in [0.25, 0.3) is 0 Å². The molecule has 1 fully saturated rings. The molecule has 0 aliphatic carbocycles. The average Bonchev–Trinajstić information content (AvgIpc) is 2.72. The summed E-state index contributed by atoms with van der Waals surface area (Å²) in [7, 11) is 0. The Bertz CT molecular complexity index is 829.